The Morgan fingerprint density at radius 1 is 1.35 bits per heavy atom. The Morgan fingerprint density at radius 3 is 2.77 bits per heavy atom. The zero-order chi connectivity index (χ0) is 18.7. The molecule has 3 rings (SSSR count). The van der Waals surface area contributed by atoms with Gasteiger partial charge in [-0.25, -0.2) is 5.01 Å². The lowest BCUT2D eigenvalue weighted by atomic mass is 9.99. The summed E-state index contributed by atoms with van der Waals surface area (Å²) in [6.45, 7) is 0. The highest BCUT2D eigenvalue weighted by atomic mass is 32.1. The Balaban J connectivity index is 1.90. The average Bonchev–Trinajstić information content (AvgIpc) is 3.28. The predicted molar refractivity (Wildman–Crippen MR) is 96.6 cm³/mol. The van der Waals surface area contributed by atoms with Crippen LogP contribution in [0.5, 0.6) is 11.5 Å². The summed E-state index contributed by atoms with van der Waals surface area (Å²) in [5, 5.41) is 28.5. The molecule has 1 atom stereocenters. The van der Waals surface area contributed by atoms with Crippen molar-refractivity contribution in [2.75, 3.05) is 7.11 Å². The number of hydrogen-bond donors (Lipinski definition) is 2. The number of amides is 1. The molecule has 2 aromatic rings. The molecular formula is C18H18N2O5S. The summed E-state index contributed by atoms with van der Waals surface area (Å²) in [4.78, 5) is 23.3. The number of carboxylic acids is 1. The number of ether oxygens (including phenoxy) is 1. The molecule has 2 heterocycles. The summed E-state index contributed by atoms with van der Waals surface area (Å²) in [6, 6.07) is 6.48. The van der Waals surface area contributed by atoms with Crippen molar-refractivity contribution in [3.8, 4) is 11.5 Å². The third-order valence-electron chi connectivity index (χ3n) is 4.16. The van der Waals surface area contributed by atoms with E-state index in [0.717, 1.165) is 11.3 Å². The Labute approximate surface area is 154 Å². The molecule has 0 fully saturated rings. The monoisotopic (exact) mass is 374 g/mol. The van der Waals surface area contributed by atoms with Crippen molar-refractivity contribution in [2.45, 2.75) is 25.3 Å². The molecule has 7 nitrogen and oxygen atoms in total. The molecule has 1 aromatic heterocycles. The van der Waals surface area contributed by atoms with Gasteiger partial charge in [-0.15, -0.1) is 0 Å². The first-order valence-electron chi connectivity index (χ1n) is 8.00. The summed E-state index contributed by atoms with van der Waals surface area (Å²) in [5.74, 6) is -1.07. The summed E-state index contributed by atoms with van der Waals surface area (Å²) in [5.41, 5.74) is 2.41. The molecule has 0 unspecified atom stereocenters. The minimum Gasteiger partial charge on any atom is -0.504 e. The van der Waals surface area contributed by atoms with Crippen molar-refractivity contribution in [3.63, 3.8) is 0 Å². The topological polar surface area (TPSA) is 99.4 Å². The smallest absolute Gasteiger partial charge is 0.303 e. The molecule has 1 aliphatic rings. The van der Waals surface area contributed by atoms with Gasteiger partial charge in [0.25, 0.3) is 0 Å². The van der Waals surface area contributed by atoms with Crippen LogP contribution in [0.3, 0.4) is 0 Å². The summed E-state index contributed by atoms with van der Waals surface area (Å²) < 4.78 is 5.06. The number of carboxylic acid groups (broad SMARTS) is 1. The van der Waals surface area contributed by atoms with Crippen LogP contribution in [0, 0.1) is 0 Å². The fraction of sp³-hybridized carbons (Fsp3) is 0.278. The predicted octanol–water partition coefficient (Wildman–Crippen LogP) is 3.00. The second-order valence-corrected chi connectivity index (χ2v) is 6.62. The van der Waals surface area contributed by atoms with Crippen LogP contribution in [0.4, 0.5) is 0 Å². The Morgan fingerprint density at radius 2 is 2.15 bits per heavy atom. The molecule has 26 heavy (non-hydrogen) atoms. The van der Waals surface area contributed by atoms with Crippen LogP contribution >= 0.6 is 11.3 Å². The highest BCUT2D eigenvalue weighted by molar-refractivity contribution is 7.08. The molecule has 0 saturated heterocycles. The largest absolute Gasteiger partial charge is 0.504 e. The van der Waals surface area contributed by atoms with E-state index in [1.165, 1.54) is 23.5 Å². The van der Waals surface area contributed by atoms with Crippen LogP contribution in [0.2, 0.25) is 0 Å². The number of hydrogen-bond acceptors (Lipinski definition) is 6. The van der Waals surface area contributed by atoms with Gasteiger partial charge in [-0.1, -0.05) is 6.07 Å². The number of phenolic OH excluding ortho intramolecular Hbond substituents is 1. The number of benzene rings is 1. The second kappa shape index (κ2) is 7.57. The Kier molecular flexibility index (Phi) is 5.22. The summed E-state index contributed by atoms with van der Waals surface area (Å²) >= 11 is 1.54. The van der Waals surface area contributed by atoms with Gasteiger partial charge < -0.3 is 14.9 Å². The van der Waals surface area contributed by atoms with Crippen molar-refractivity contribution in [3.05, 3.63) is 46.2 Å². The Hall–Kier alpha value is -2.87. The first-order chi connectivity index (χ1) is 12.5. The van der Waals surface area contributed by atoms with Gasteiger partial charge in [-0.2, -0.15) is 16.4 Å². The van der Waals surface area contributed by atoms with Gasteiger partial charge in [0.2, 0.25) is 5.91 Å². The number of rotatable bonds is 6. The minimum atomic E-state index is -1.03. The van der Waals surface area contributed by atoms with Gasteiger partial charge in [0.1, 0.15) is 0 Å². The van der Waals surface area contributed by atoms with Crippen LogP contribution < -0.4 is 4.74 Å². The maximum atomic E-state index is 12.5. The fourth-order valence-corrected chi connectivity index (χ4v) is 3.51. The van der Waals surface area contributed by atoms with Gasteiger partial charge >= 0.3 is 5.97 Å². The number of carbonyl (C=O) groups is 2. The van der Waals surface area contributed by atoms with Crippen LogP contribution in [-0.4, -0.2) is 39.9 Å². The van der Waals surface area contributed by atoms with Crippen molar-refractivity contribution in [2.24, 2.45) is 5.10 Å². The molecule has 0 saturated carbocycles. The maximum absolute atomic E-state index is 12.5. The van der Waals surface area contributed by atoms with E-state index in [-0.39, 0.29) is 24.5 Å². The standard InChI is InChI=1S/C18H18N2O5S/c1-25-16-3-2-11(8-15(16)21)14-9-13(12-6-7-26-10-12)19-20(14)17(22)4-5-18(23)24/h2-3,6-8,10,14,21H,4-5,9H2,1H3,(H,23,24)/t14-/m1/s1. The van der Waals surface area contributed by atoms with E-state index < -0.39 is 12.0 Å². The van der Waals surface area contributed by atoms with E-state index in [4.69, 9.17) is 9.84 Å². The number of phenols is 1. The first kappa shape index (κ1) is 17.9. The van der Waals surface area contributed by atoms with E-state index in [9.17, 15) is 14.7 Å². The Bertz CT molecular complexity index is 847. The van der Waals surface area contributed by atoms with Crippen molar-refractivity contribution in [1.82, 2.24) is 5.01 Å². The quantitative estimate of drug-likeness (QED) is 0.810. The second-order valence-electron chi connectivity index (χ2n) is 5.84. The van der Waals surface area contributed by atoms with Crippen LogP contribution in [0.15, 0.2) is 40.1 Å². The van der Waals surface area contributed by atoms with Crippen LogP contribution in [0.25, 0.3) is 0 Å². The molecule has 2 N–H and O–H groups in total. The minimum absolute atomic E-state index is 0.0214. The van der Waals surface area contributed by atoms with E-state index >= 15 is 0 Å². The number of thiophene rings is 1. The molecule has 136 valence electrons. The number of methoxy groups -OCH3 is 1. The van der Waals surface area contributed by atoms with Crippen LogP contribution in [-0.2, 0) is 9.59 Å². The third-order valence-corrected chi connectivity index (χ3v) is 4.84. The number of aromatic hydroxyl groups is 1. The summed E-state index contributed by atoms with van der Waals surface area (Å²) in [6.07, 6.45) is 0.106. The van der Waals surface area contributed by atoms with Gasteiger partial charge in [-0.3, -0.25) is 9.59 Å². The SMILES string of the molecule is COc1ccc([C@H]2CC(c3ccsc3)=NN2C(=O)CCC(=O)O)cc1O. The molecule has 1 aromatic carbocycles. The van der Waals surface area contributed by atoms with Crippen LogP contribution in [0.1, 0.15) is 36.4 Å². The van der Waals surface area contributed by atoms with Crippen molar-refractivity contribution in [1.29, 1.82) is 0 Å². The van der Waals surface area contributed by atoms with E-state index in [1.807, 2.05) is 16.8 Å². The molecule has 0 spiro atoms. The lowest BCUT2D eigenvalue weighted by Gasteiger charge is -2.22. The highest BCUT2D eigenvalue weighted by Gasteiger charge is 2.33. The summed E-state index contributed by atoms with van der Waals surface area (Å²) in [7, 11) is 1.46. The van der Waals surface area contributed by atoms with Gasteiger partial charge in [-0.05, 0) is 34.5 Å². The first-order valence-corrected chi connectivity index (χ1v) is 8.94. The van der Waals surface area contributed by atoms with Gasteiger partial charge in [0, 0.05) is 18.4 Å². The maximum Gasteiger partial charge on any atom is 0.303 e. The highest BCUT2D eigenvalue weighted by Crippen LogP contribution is 2.37. The number of hydrazone groups is 1. The molecule has 1 aliphatic heterocycles. The normalized spacial score (nSPS) is 16.4. The molecule has 8 heteroatoms. The van der Waals surface area contributed by atoms with Gasteiger partial charge in [0.05, 0.1) is 25.3 Å². The molecule has 1 amide bonds. The van der Waals surface area contributed by atoms with Crippen molar-refractivity contribution >= 4 is 28.9 Å². The lowest BCUT2D eigenvalue weighted by molar-refractivity contribution is -0.141. The lowest BCUT2D eigenvalue weighted by Crippen LogP contribution is -2.27. The third kappa shape index (κ3) is 3.70. The van der Waals surface area contributed by atoms with Crippen molar-refractivity contribution < 1.29 is 24.5 Å². The number of carbonyl (C=O) groups excluding carboxylic acids is 1. The molecular weight excluding hydrogens is 356 g/mol. The van der Waals surface area contributed by atoms with E-state index in [2.05, 4.69) is 5.10 Å². The number of aliphatic carboxylic acids is 1. The fourth-order valence-electron chi connectivity index (χ4n) is 2.85. The number of nitrogens with zero attached hydrogens (tertiary/aromatic N) is 2. The zero-order valence-electron chi connectivity index (χ0n) is 14.1. The average molecular weight is 374 g/mol. The van der Waals surface area contributed by atoms with E-state index in [1.54, 1.807) is 18.2 Å². The zero-order valence-corrected chi connectivity index (χ0v) is 14.9. The van der Waals surface area contributed by atoms with E-state index in [0.29, 0.717) is 17.7 Å². The van der Waals surface area contributed by atoms with Gasteiger partial charge in [0.15, 0.2) is 11.5 Å². The molecule has 0 bridgehead atoms. The molecule has 0 aliphatic carbocycles. The molecule has 0 radical (unpaired) electrons.